The molecule has 1 N–H and O–H groups in total. The smallest absolute Gasteiger partial charge is 0.264 e. The summed E-state index contributed by atoms with van der Waals surface area (Å²) in [7, 11) is 0. The van der Waals surface area contributed by atoms with Gasteiger partial charge in [-0.2, -0.15) is 0 Å². The zero-order chi connectivity index (χ0) is 17.5. The average Bonchev–Trinajstić information content (AvgIpc) is 3.08. The molecule has 0 saturated heterocycles. The van der Waals surface area contributed by atoms with E-state index < -0.39 is 0 Å². The number of carbonyl (C=O) groups excluding carboxylic acids is 1. The van der Waals surface area contributed by atoms with Crippen molar-refractivity contribution in [3.63, 3.8) is 0 Å². The Bertz CT molecular complexity index is 825. The van der Waals surface area contributed by atoms with Crippen molar-refractivity contribution in [2.45, 2.75) is 10.1 Å². The van der Waals surface area contributed by atoms with E-state index in [2.05, 4.69) is 43.6 Å². The Morgan fingerprint density at radius 1 is 1.12 bits per heavy atom. The standard InChI is InChI=1S/C17H14BrN3O2S2/c18-13-6-8-14(9-7-13)23-10-15(22)19-16-20-21-17(25-16)24-11-12-4-2-1-3-5-12/h1-9H,10-11H2,(H,19,20,22). The molecular formula is C17H14BrN3O2S2. The lowest BCUT2D eigenvalue weighted by molar-refractivity contribution is -0.118. The molecule has 1 aromatic heterocycles. The summed E-state index contributed by atoms with van der Waals surface area (Å²) in [5, 5.41) is 11.2. The molecule has 0 saturated carbocycles. The van der Waals surface area contributed by atoms with Crippen LogP contribution >= 0.6 is 39.0 Å². The lowest BCUT2D eigenvalue weighted by Crippen LogP contribution is -2.20. The first-order valence-electron chi connectivity index (χ1n) is 7.37. The highest BCUT2D eigenvalue weighted by atomic mass is 79.9. The number of thioether (sulfide) groups is 1. The van der Waals surface area contributed by atoms with Crippen LogP contribution < -0.4 is 10.1 Å². The zero-order valence-electron chi connectivity index (χ0n) is 13.0. The third kappa shape index (κ3) is 5.84. The molecule has 128 valence electrons. The summed E-state index contributed by atoms with van der Waals surface area (Å²) >= 11 is 6.29. The highest BCUT2D eigenvalue weighted by Crippen LogP contribution is 2.28. The second-order valence-electron chi connectivity index (χ2n) is 4.94. The Balaban J connectivity index is 1.45. The normalized spacial score (nSPS) is 10.4. The maximum absolute atomic E-state index is 11.9. The third-order valence-corrected chi connectivity index (χ3v) is 5.61. The first-order chi connectivity index (χ1) is 12.2. The molecular weight excluding hydrogens is 422 g/mol. The average molecular weight is 436 g/mol. The number of rotatable bonds is 7. The molecule has 0 radical (unpaired) electrons. The van der Waals surface area contributed by atoms with E-state index in [0.29, 0.717) is 10.9 Å². The fourth-order valence-corrected chi connectivity index (χ4v) is 3.86. The zero-order valence-corrected chi connectivity index (χ0v) is 16.2. The van der Waals surface area contributed by atoms with E-state index in [4.69, 9.17) is 4.74 Å². The van der Waals surface area contributed by atoms with Gasteiger partial charge < -0.3 is 4.74 Å². The third-order valence-electron chi connectivity index (χ3n) is 3.04. The highest BCUT2D eigenvalue weighted by Gasteiger charge is 2.09. The molecule has 0 aliphatic rings. The van der Waals surface area contributed by atoms with E-state index in [1.807, 2.05) is 30.3 Å². The molecule has 8 heteroatoms. The number of benzene rings is 2. The van der Waals surface area contributed by atoms with Gasteiger partial charge in [0.1, 0.15) is 5.75 Å². The minimum atomic E-state index is -0.265. The quantitative estimate of drug-likeness (QED) is 0.433. The Morgan fingerprint density at radius 3 is 2.64 bits per heavy atom. The van der Waals surface area contributed by atoms with Crippen LogP contribution in [0.4, 0.5) is 5.13 Å². The molecule has 25 heavy (non-hydrogen) atoms. The van der Waals surface area contributed by atoms with E-state index >= 15 is 0 Å². The van der Waals surface area contributed by atoms with Gasteiger partial charge >= 0.3 is 0 Å². The molecule has 2 aromatic carbocycles. The summed E-state index contributed by atoms with van der Waals surface area (Å²) in [6.45, 7) is -0.0757. The second-order valence-corrected chi connectivity index (χ2v) is 8.05. The Kier molecular flexibility index (Phi) is 6.43. The molecule has 0 unspecified atom stereocenters. The molecule has 0 aliphatic heterocycles. The molecule has 0 spiro atoms. The number of aromatic nitrogens is 2. The molecule has 3 aromatic rings. The first-order valence-corrected chi connectivity index (χ1v) is 9.97. The van der Waals surface area contributed by atoms with Gasteiger partial charge in [0, 0.05) is 10.2 Å². The van der Waals surface area contributed by atoms with Crippen molar-refractivity contribution in [1.82, 2.24) is 10.2 Å². The van der Waals surface area contributed by atoms with Gasteiger partial charge in [0.15, 0.2) is 10.9 Å². The first kappa shape index (κ1) is 17.9. The molecule has 0 aliphatic carbocycles. The number of carbonyl (C=O) groups is 1. The Labute approximate surface area is 162 Å². The summed E-state index contributed by atoms with van der Waals surface area (Å²) in [6.07, 6.45) is 0. The van der Waals surface area contributed by atoms with Gasteiger partial charge in [0.25, 0.3) is 5.91 Å². The number of hydrogen-bond acceptors (Lipinski definition) is 6. The maximum atomic E-state index is 11.9. The maximum Gasteiger partial charge on any atom is 0.264 e. The number of nitrogens with zero attached hydrogens (tertiary/aromatic N) is 2. The minimum Gasteiger partial charge on any atom is -0.484 e. The summed E-state index contributed by atoms with van der Waals surface area (Å²) < 4.78 is 7.20. The number of nitrogens with one attached hydrogen (secondary N) is 1. The van der Waals surface area contributed by atoms with E-state index in [-0.39, 0.29) is 12.5 Å². The fourth-order valence-electron chi connectivity index (χ4n) is 1.87. The van der Waals surface area contributed by atoms with Crippen molar-refractivity contribution in [3.05, 3.63) is 64.6 Å². The van der Waals surface area contributed by atoms with Crippen LogP contribution in [0.3, 0.4) is 0 Å². The largest absolute Gasteiger partial charge is 0.484 e. The molecule has 1 amide bonds. The van der Waals surface area contributed by atoms with Gasteiger partial charge in [0.05, 0.1) is 0 Å². The van der Waals surface area contributed by atoms with Gasteiger partial charge in [-0.25, -0.2) is 0 Å². The van der Waals surface area contributed by atoms with Crippen molar-refractivity contribution < 1.29 is 9.53 Å². The number of ether oxygens (including phenoxy) is 1. The molecule has 0 atom stereocenters. The van der Waals surface area contributed by atoms with Crippen molar-refractivity contribution in [1.29, 1.82) is 0 Å². The predicted molar refractivity (Wildman–Crippen MR) is 104 cm³/mol. The van der Waals surface area contributed by atoms with Crippen LogP contribution in [0.5, 0.6) is 5.75 Å². The number of anilines is 1. The number of halogens is 1. The van der Waals surface area contributed by atoms with E-state index in [1.165, 1.54) is 16.9 Å². The summed E-state index contributed by atoms with van der Waals surface area (Å²) in [5.41, 5.74) is 1.22. The van der Waals surface area contributed by atoms with Crippen molar-refractivity contribution in [2.24, 2.45) is 0 Å². The van der Waals surface area contributed by atoms with E-state index in [0.717, 1.165) is 14.6 Å². The lowest BCUT2D eigenvalue weighted by Gasteiger charge is -2.05. The molecule has 0 fully saturated rings. The predicted octanol–water partition coefficient (Wildman–Crippen LogP) is 4.61. The van der Waals surface area contributed by atoms with Crippen LogP contribution in [-0.2, 0) is 10.5 Å². The second kappa shape index (κ2) is 8.98. The van der Waals surface area contributed by atoms with Crippen LogP contribution in [0, 0.1) is 0 Å². The SMILES string of the molecule is O=C(COc1ccc(Br)cc1)Nc1nnc(SCc2ccccc2)s1. The van der Waals surface area contributed by atoms with Crippen molar-refractivity contribution in [2.75, 3.05) is 11.9 Å². The summed E-state index contributed by atoms with van der Waals surface area (Å²) in [6, 6.07) is 17.4. The fraction of sp³-hybridized carbons (Fsp3) is 0.118. The summed E-state index contributed by atoms with van der Waals surface area (Å²) in [4.78, 5) is 11.9. The van der Waals surface area contributed by atoms with Crippen LogP contribution in [0.2, 0.25) is 0 Å². The minimum absolute atomic E-state index is 0.0757. The van der Waals surface area contributed by atoms with E-state index in [1.54, 1.807) is 23.9 Å². The van der Waals surface area contributed by atoms with E-state index in [9.17, 15) is 4.79 Å². The molecule has 5 nitrogen and oxygen atoms in total. The Morgan fingerprint density at radius 2 is 1.88 bits per heavy atom. The number of hydrogen-bond donors (Lipinski definition) is 1. The van der Waals surface area contributed by atoms with Crippen molar-refractivity contribution >= 4 is 50.1 Å². The Hall–Kier alpha value is -1.90. The van der Waals surface area contributed by atoms with Crippen LogP contribution in [-0.4, -0.2) is 22.7 Å². The monoisotopic (exact) mass is 435 g/mol. The van der Waals surface area contributed by atoms with Crippen LogP contribution in [0.1, 0.15) is 5.56 Å². The topological polar surface area (TPSA) is 64.1 Å². The summed E-state index contributed by atoms with van der Waals surface area (Å²) in [5.74, 6) is 1.18. The van der Waals surface area contributed by atoms with Crippen LogP contribution in [0.25, 0.3) is 0 Å². The molecule has 1 heterocycles. The van der Waals surface area contributed by atoms with Gasteiger partial charge in [-0.05, 0) is 29.8 Å². The van der Waals surface area contributed by atoms with Crippen LogP contribution in [0.15, 0.2) is 63.4 Å². The van der Waals surface area contributed by atoms with Crippen molar-refractivity contribution in [3.8, 4) is 5.75 Å². The van der Waals surface area contributed by atoms with Gasteiger partial charge in [-0.3, -0.25) is 10.1 Å². The number of amides is 1. The lowest BCUT2D eigenvalue weighted by atomic mass is 10.2. The molecule has 3 rings (SSSR count). The van der Waals surface area contributed by atoms with Gasteiger partial charge in [-0.1, -0.05) is 69.4 Å². The highest BCUT2D eigenvalue weighted by molar-refractivity contribution is 9.10. The molecule has 0 bridgehead atoms. The van der Waals surface area contributed by atoms with Gasteiger partial charge in [-0.15, -0.1) is 10.2 Å². The van der Waals surface area contributed by atoms with Gasteiger partial charge in [0.2, 0.25) is 5.13 Å².